The molecule has 0 aliphatic carbocycles. The number of benzene rings is 1. The molecule has 3 rings (SSSR count). The lowest BCUT2D eigenvalue weighted by Crippen LogP contribution is -2.10. The van der Waals surface area contributed by atoms with Crippen molar-refractivity contribution in [1.29, 1.82) is 0 Å². The van der Waals surface area contributed by atoms with E-state index in [0.717, 1.165) is 11.8 Å². The molecule has 0 unspecified atom stereocenters. The second kappa shape index (κ2) is 6.51. The van der Waals surface area contributed by atoms with Crippen LogP contribution in [0.5, 0.6) is 5.75 Å². The summed E-state index contributed by atoms with van der Waals surface area (Å²) in [4.78, 5) is 11.5. The molecule has 0 saturated heterocycles. The van der Waals surface area contributed by atoms with Gasteiger partial charge in [-0.2, -0.15) is 0 Å². The molecule has 1 amide bonds. The van der Waals surface area contributed by atoms with Crippen LogP contribution in [0.15, 0.2) is 33.1 Å². The van der Waals surface area contributed by atoms with Gasteiger partial charge in [0.1, 0.15) is 0 Å². The molecule has 0 radical (unpaired) electrons. The molecule has 0 atom stereocenters. The van der Waals surface area contributed by atoms with Crippen LogP contribution in [0.2, 0.25) is 0 Å². The van der Waals surface area contributed by atoms with Gasteiger partial charge in [0, 0.05) is 11.8 Å². The van der Waals surface area contributed by atoms with E-state index < -0.39 is 0 Å². The number of ether oxygens (including phenoxy) is 1. The third-order valence-electron chi connectivity index (χ3n) is 3.17. The molecule has 0 fully saturated rings. The summed E-state index contributed by atoms with van der Waals surface area (Å²) in [5.74, 6) is 1.13. The van der Waals surface area contributed by atoms with Gasteiger partial charge in [-0.25, -0.2) is 0 Å². The largest absolute Gasteiger partial charge is 0.490 e. The molecule has 1 N–H and O–H groups in total. The van der Waals surface area contributed by atoms with Gasteiger partial charge in [0.2, 0.25) is 5.91 Å². The molecule has 0 spiro atoms. The zero-order chi connectivity index (χ0) is 16.2. The Kier molecular flexibility index (Phi) is 4.27. The van der Waals surface area contributed by atoms with Crippen LogP contribution in [-0.4, -0.2) is 22.7 Å². The molecule has 0 saturated carbocycles. The summed E-state index contributed by atoms with van der Waals surface area (Å²) in [5.41, 5.74) is 0.624. The van der Waals surface area contributed by atoms with E-state index in [1.165, 1.54) is 0 Å². The Morgan fingerprint density at radius 3 is 2.91 bits per heavy atom. The molecule has 1 aromatic carbocycles. The number of rotatable bonds is 6. The highest BCUT2D eigenvalue weighted by Gasteiger charge is 2.16. The summed E-state index contributed by atoms with van der Waals surface area (Å²) in [5, 5.41) is 11.1. The minimum atomic E-state index is -0.161. The van der Waals surface area contributed by atoms with Crippen LogP contribution >= 0.6 is 0 Å². The van der Waals surface area contributed by atoms with Crippen LogP contribution in [0.1, 0.15) is 26.7 Å². The first-order valence-electron chi connectivity index (χ1n) is 7.50. The highest BCUT2D eigenvalue weighted by Crippen LogP contribution is 2.33. The van der Waals surface area contributed by atoms with Gasteiger partial charge < -0.3 is 13.6 Å². The number of aromatic nitrogens is 2. The minimum absolute atomic E-state index is 0.0592. The Morgan fingerprint density at radius 2 is 2.13 bits per heavy atom. The first kappa shape index (κ1) is 15.1. The Labute approximate surface area is 132 Å². The van der Waals surface area contributed by atoms with Gasteiger partial charge >= 0.3 is 6.01 Å². The molecular formula is C16H17N3O4. The predicted molar refractivity (Wildman–Crippen MR) is 84.2 cm³/mol. The number of hydrogen-bond donors (Lipinski definition) is 1. The standard InChI is InChI=1S/C16H17N3O4/c1-3-6-13(20)17-16-19-18-15(23-16)12-9-10-7-5-8-11(21-4-2)14(10)22-12/h5,7-9H,3-4,6H2,1-2H3,(H,17,19,20). The van der Waals surface area contributed by atoms with E-state index in [1.807, 2.05) is 32.0 Å². The molecule has 0 aliphatic rings. The van der Waals surface area contributed by atoms with Gasteiger partial charge in [0.15, 0.2) is 17.1 Å². The van der Waals surface area contributed by atoms with Crippen molar-refractivity contribution in [2.45, 2.75) is 26.7 Å². The van der Waals surface area contributed by atoms with Gasteiger partial charge in [0.05, 0.1) is 6.61 Å². The Hall–Kier alpha value is -2.83. The summed E-state index contributed by atoms with van der Waals surface area (Å²) in [6.07, 6.45) is 1.15. The number of furan rings is 1. The minimum Gasteiger partial charge on any atom is -0.490 e. The van der Waals surface area contributed by atoms with E-state index in [9.17, 15) is 4.79 Å². The number of hydrogen-bond acceptors (Lipinski definition) is 6. The van der Waals surface area contributed by atoms with Crippen molar-refractivity contribution in [3.8, 4) is 17.4 Å². The average molecular weight is 315 g/mol. The molecule has 0 aliphatic heterocycles. The second-order valence-corrected chi connectivity index (χ2v) is 4.93. The molecule has 3 aromatic rings. The maximum Gasteiger partial charge on any atom is 0.322 e. The molecule has 23 heavy (non-hydrogen) atoms. The van der Waals surface area contributed by atoms with Crippen molar-refractivity contribution in [1.82, 2.24) is 10.2 Å². The zero-order valence-corrected chi connectivity index (χ0v) is 13.0. The molecular weight excluding hydrogens is 298 g/mol. The van der Waals surface area contributed by atoms with Crippen molar-refractivity contribution in [3.05, 3.63) is 24.3 Å². The molecule has 7 heteroatoms. The number of carbonyl (C=O) groups is 1. The lowest BCUT2D eigenvalue weighted by atomic mass is 10.2. The van der Waals surface area contributed by atoms with Crippen molar-refractivity contribution >= 4 is 22.9 Å². The number of carbonyl (C=O) groups excluding carboxylic acids is 1. The Bertz CT molecular complexity index is 822. The van der Waals surface area contributed by atoms with Gasteiger partial charge in [0.25, 0.3) is 5.89 Å². The molecule has 0 bridgehead atoms. The fourth-order valence-corrected chi connectivity index (χ4v) is 2.19. The van der Waals surface area contributed by atoms with Crippen molar-refractivity contribution in [2.75, 3.05) is 11.9 Å². The van der Waals surface area contributed by atoms with Crippen molar-refractivity contribution in [2.24, 2.45) is 0 Å². The maximum absolute atomic E-state index is 11.5. The second-order valence-electron chi connectivity index (χ2n) is 4.93. The number of amides is 1. The van der Waals surface area contributed by atoms with Gasteiger partial charge in [-0.15, -0.1) is 5.10 Å². The number of anilines is 1. The maximum atomic E-state index is 11.5. The van der Waals surface area contributed by atoms with E-state index in [4.69, 9.17) is 13.6 Å². The summed E-state index contributed by atoms with van der Waals surface area (Å²) in [6.45, 7) is 4.37. The van der Waals surface area contributed by atoms with E-state index in [1.54, 1.807) is 6.07 Å². The van der Waals surface area contributed by atoms with Gasteiger partial charge in [-0.3, -0.25) is 10.1 Å². The monoisotopic (exact) mass is 315 g/mol. The summed E-state index contributed by atoms with van der Waals surface area (Å²) < 4.78 is 16.7. The van der Waals surface area contributed by atoms with Gasteiger partial charge in [-0.05, 0) is 25.5 Å². The zero-order valence-electron chi connectivity index (χ0n) is 13.0. The number of para-hydroxylation sites is 1. The SMILES string of the molecule is CCCC(=O)Nc1nnc(-c2cc3cccc(OCC)c3o2)o1. The molecule has 7 nitrogen and oxygen atoms in total. The van der Waals surface area contributed by atoms with Crippen molar-refractivity contribution in [3.63, 3.8) is 0 Å². The fourth-order valence-electron chi connectivity index (χ4n) is 2.19. The lowest BCUT2D eigenvalue weighted by molar-refractivity contribution is -0.116. The smallest absolute Gasteiger partial charge is 0.322 e. The highest BCUT2D eigenvalue weighted by atomic mass is 16.5. The van der Waals surface area contributed by atoms with E-state index >= 15 is 0 Å². The fraction of sp³-hybridized carbons (Fsp3) is 0.312. The van der Waals surface area contributed by atoms with Crippen LogP contribution < -0.4 is 10.1 Å². The van der Waals surface area contributed by atoms with E-state index in [2.05, 4.69) is 15.5 Å². The Balaban J connectivity index is 1.87. The van der Waals surface area contributed by atoms with Gasteiger partial charge in [-0.1, -0.05) is 24.2 Å². The van der Waals surface area contributed by atoms with Crippen LogP contribution in [0, 0.1) is 0 Å². The lowest BCUT2D eigenvalue weighted by Gasteiger charge is -2.01. The number of nitrogens with zero attached hydrogens (tertiary/aromatic N) is 2. The average Bonchev–Trinajstić information content (AvgIpc) is 3.14. The van der Waals surface area contributed by atoms with Crippen LogP contribution in [0.4, 0.5) is 6.01 Å². The highest BCUT2D eigenvalue weighted by molar-refractivity contribution is 5.89. The summed E-state index contributed by atoms with van der Waals surface area (Å²) >= 11 is 0. The van der Waals surface area contributed by atoms with E-state index in [0.29, 0.717) is 30.1 Å². The quantitative estimate of drug-likeness (QED) is 0.747. The molecule has 2 aromatic heterocycles. The van der Waals surface area contributed by atoms with Crippen LogP contribution in [0.3, 0.4) is 0 Å². The first-order chi connectivity index (χ1) is 11.2. The molecule has 120 valence electrons. The predicted octanol–water partition coefficient (Wildman–Crippen LogP) is 3.62. The number of nitrogens with one attached hydrogen (secondary N) is 1. The van der Waals surface area contributed by atoms with E-state index in [-0.39, 0.29) is 17.8 Å². The first-order valence-corrected chi connectivity index (χ1v) is 7.50. The summed E-state index contributed by atoms with van der Waals surface area (Å²) in [7, 11) is 0. The third-order valence-corrected chi connectivity index (χ3v) is 3.17. The van der Waals surface area contributed by atoms with Crippen LogP contribution in [0.25, 0.3) is 22.6 Å². The topological polar surface area (TPSA) is 90.4 Å². The van der Waals surface area contributed by atoms with Crippen molar-refractivity contribution < 1.29 is 18.4 Å². The van der Waals surface area contributed by atoms with Crippen LogP contribution in [-0.2, 0) is 4.79 Å². The normalized spacial score (nSPS) is 10.9. The Morgan fingerprint density at radius 1 is 1.26 bits per heavy atom. The molecule has 2 heterocycles. The third kappa shape index (κ3) is 3.18. The number of fused-ring (bicyclic) bond motifs is 1. The summed E-state index contributed by atoms with van der Waals surface area (Å²) in [6, 6.07) is 7.48.